The van der Waals surface area contributed by atoms with E-state index in [0.717, 1.165) is 47.1 Å². The van der Waals surface area contributed by atoms with Crippen molar-refractivity contribution in [2.75, 3.05) is 7.11 Å². The monoisotopic (exact) mass is 276 g/mol. The van der Waals surface area contributed by atoms with Crippen LogP contribution >= 0.6 is 11.3 Å². The molecule has 0 aliphatic carbocycles. The molecule has 0 aliphatic rings. The number of hydrogen-bond donors (Lipinski definition) is 0. The highest BCUT2D eigenvalue weighted by Crippen LogP contribution is 2.27. The summed E-state index contributed by atoms with van der Waals surface area (Å²) in [5.41, 5.74) is 1.23. The van der Waals surface area contributed by atoms with Gasteiger partial charge >= 0.3 is 0 Å². The summed E-state index contributed by atoms with van der Waals surface area (Å²) in [6, 6.07) is 5.73. The third-order valence-electron chi connectivity index (χ3n) is 3.25. The number of methoxy groups -OCH3 is 1. The van der Waals surface area contributed by atoms with E-state index in [4.69, 9.17) is 4.74 Å². The van der Waals surface area contributed by atoms with Gasteiger partial charge in [-0.15, -0.1) is 11.3 Å². The van der Waals surface area contributed by atoms with Crippen molar-refractivity contribution < 1.29 is 4.74 Å². The number of hydrogen-bond acceptors (Lipinski definition) is 3. The quantitative estimate of drug-likeness (QED) is 0.819. The first kappa shape index (κ1) is 14.1. The van der Waals surface area contributed by atoms with Crippen molar-refractivity contribution in [2.45, 2.75) is 39.5 Å². The first-order valence-corrected chi connectivity index (χ1v) is 7.65. The first-order chi connectivity index (χ1) is 9.21. The van der Waals surface area contributed by atoms with E-state index in [1.54, 1.807) is 18.4 Å². The molecule has 0 N–H and O–H groups in total. The Balaban J connectivity index is 2.69. The van der Waals surface area contributed by atoms with Crippen molar-refractivity contribution >= 4 is 21.4 Å². The van der Waals surface area contributed by atoms with Crippen LogP contribution in [0.15, 0.2) is 23.0 Å². The van der Waals surface area contributed by atoms with Crippen LogP contribution in [0.1, 0.15) is 37.1 Å². The van der Waals surface area contributed by atoms with Gasteiger partial charge in [-0.3, -0.25) is 4.79 Å². The minimum Gasteiger partial charge on any atom is -0.497 e. The summed E-state index contributed by atoms with van der Waals surface area (Å²) in [5.74, 6) is 0.814. The van der Waals surface area contributed by atoms with Gasteiger partial charge in [0.1, 0.15) is 5.75 Å². The second-order valence-electron chi connectivity index (χ2n) is 4.70. The van der Waals surface area contributed by atoms with Crippen molar-refractivity contribution in [3.05, 3.63) is 38.9 Å². The highest BCUT2D eigenvalue weighted by molar-refractivity contribution is 7.18. The van der Waals surface area contributed by atoms with Crippen LogP contribution in [0.25, 0.3) is 10.1 Å². The summed E-state index contributed by atoms with van der Waals surface area (Å²) >= 11 is 1.74. The second kappa shape index (κ2) is 6.20. The summed E-state index contributed by atoms with van der Waals surface area (Å²) in [6.07, 6.45) is 3.96. The van der Waals surface area contributed by atoms with E-state index in [1.165, 1.54) is 4.88 Å². The van der Waals surface area contributed by atoms with E-state index in [9.17, 15) is 4.79 Å². The lowest BCUT2D eigenvalue weighted by atomic mass is 10.1. The SMILES string of the molecule is CCCc1sc2cc(OC)ccc2c(=O)c1CCC. The van der Waals surface area contributed by atoms with E-state index in [0.29, 0.717) is 0 Å². The van der Waals surface area contributed by atoms with Gasteiger partial charge in [-0.2, -0.15) is 0 Å². The van der Waals surface area contributed by atoms with E-state index in [1.807, 2.05) is 18.2 Å². The van der Waals surface area contributed by atoms with Gasteiger partial charge in [0.05, 0.1) is 7.11 Å². The van der Waals surface area contributed by atoms with Gasteiger partial charge in [0, 0.05) is 20.5 Å². The number of aryl methyl sites for hydroxylation is 1. The summed E-state index contributed by atoms with van der Waals surface area (Å²) in [7, 11) is 1.66. The molecule has 1 aromatic carbocycles. The lowest BCUT2D eigenvalue weighted by Gasteiger charge is -2.09. The third-order valence-corrected chi connectivity index (χ3v) is 4.51. The zero-order valence-electron chi connectivity index (χ0n) is 11.8. The lowest BCUT2D eigenvalue weighted by Crippen LogP contribution is -2.11. The van der Waals surface area contributed by atoms with E-state index in [-0.39, 0.29) is 5.43 Å². The molecule has 0 spiro atoms. The van der Waals surface area contributed by atoms with Crippen LogP contribution in [-0.4, -0.2) is 7.11 Å². The molecule has 102 valence electrons. The smallest absolute Gasteiger partial charge is 0.191 e. The van der Waals surface area contributed by atoms with Crippen molar-refractivity contribution in [2.24, 2.45) is 0 Å². The summed E-state index contributed by atoms with van der Waals surface area (Å²) in [6.45, 7) is 4.28. The molecule has 0 bridgehead atoms. The largest absolute Gasteiger partial charge is 0.497 e. The van der Waals surface area contributed by atoms with Gasteiger partial charge in [-0.1, -0.05) is 26.7 Å². The Labute approximate surface area is 118 Å². The molecule has 19 heavy (non-hydrogen) atoms. The Morgan fingerprint density at radius 1 is 1.16 bits per heavy atom. The molecule has 2 rings (SSSR count). The molecule has 2 aromatic rings. The molecule has 0 radical (unpaired) electrons. The number of fused-ring (bicyclic) bond motifs is 1. The summed E-state index contributed by atoms with van der Waals surface area (Å²) in [4.78, 5) is 13.8. The first-order valence-electron chi connectivity index (χ1n) is 6.83. The molecule has 0 unspecified atom stereocenters. The summed E-state index contributed by atoms with van der Waals surface area (Å²) in [5, 5.41) is 0.828. The van der Waals surface area contributed by atoms with Crippen LogP contribution < -0.4 is 10.2 Å². The lowest BCUT2D eigenvalue weighted by molar-refractivity contribution is 0.415. The van der Waals surface area contributed by atoms with Gasteiger partial charge in [-0.05, 0) is 31.0 Å². The molecule has 0 atom stereocenters. The fourth-order valence-electron chi connectivity index (χ4n) is 2.32. The zero-order valence-corrected chi connectivity index (χ0v) is 12.6. The molecular weight excluding hydrogens is 256 g/mol. The molecule has 3 heteroatoms. The maximum atomic E-state index is 12.6. The van der Waals surface area contributed by atoms with Crippen LogP contribution in [-0.2, 0) is 12.8 Å². The molecule has 0 aliphatic heterocycles. The van der Waals surface area contributed by atoms with Crippen LogP contribution in [0.4, 0.5) is 0 Å². The van der Waals surface area contributed by atoms with Gasteiger partial charge in [-0.25, -0.2) is 0 Å². The molecule has 1 aromatic heterocycles. The third kappa shape index (κ3) is 2.81. The van der Waals surface area contributed by atoms with E-state index in [2.05, 4.69) is 13.8 Å². The van der Waals surface area contributed by atoms with Crippen LogP contribution in [0.5, 0.6) is 5.75 Å². The average Bonchev–Trinajstić information content (AvgIpc) is 2.42. The molecule has 1 heterocycles. The topological polar surface area (TPSA) is 26.3 Å². The van der Waals surface area contributed by atoms with Crippen LogP contribution in [0, 0.1) is 0 Å². The predicted octanol–water partition coefficient (Wildman–Crippen LogP) is 4.18. The van der Waals surface area contributed by atoms with Crippen LogP contribution in [0.3, 0.4) is 0 Å². The van der Waals surface area contributed by atoms with Crippen molar-refractivity contribution in [3.63, 3.8) is 0 Å². The molecule has 0 saturated carbocycles. The molecule has 0 saturated heterocycles. The number of rotatable bonds is 5. The number of ether oxygens (including phenoxy) is 1. The van der Waals surface area contributed by atoms with Gasteiger partial charge in [0.2, 0.25) is 0 Å². The Morgan fingerprint density at radius 3 is 2.53 bits per heavy atom. The predicted molar refractivity (Wildman–Crippen MR) is 82.6 cm³/mol. The van der Waals surface area contributed by atoms with Gasteiger partial charge < -0.3 is 4.74 Å². The summed E-state index contributed by atoms with van der Waals surface area (Å²) < 4.78 is 6.28. The van der Waals surface area contributed by atoms with Gasteiger partial charge in [0.15, 0.2) is 5.43 Å². The van der Waals surface area contributed by atoms with Gasteiger partial charge in [0.25, 0.3) is 0 Å². The fourth-order valence-corrected chi connectivity index (χ4v) is 3.65. The highest BCUT2D eigenvalue weighted by atomic mass is 32.1. The average molecular weight is 276 g/mol. The Kier molecular flexibility index (Phi) is 4.59. The maximum absolute atomic E-state index is 12.6. The standard InChI is InChI=1S/C16H20O2S/c1-4-6-12-14(7-5-2)19-15-10-11(18-3)8-9-13(15)16(12)17/h8-10H,4-7H2,1-3H3. The number of benzene rings is 1. The van der Waals surface area contributed by atoms with Crippen molar-refractivity contribution in [1.29, 1.82) is 0 Å². The molecule has 0 fully saturated rings. The Bertz CT molecular complexity index is 628. The minimum absolute atomic E-state index is 0.210. The highest BCUT2D eigenvalue weighted by Gasteiger charge is 2.12. The minimum atomic E-state index is 0.210. The van der Waals surface area contributed by atoms with Crippen LogP contribution in [0.2, 0.25) is 0 Å². The van der Waals surface area contributed by atoms with E-state index >= 15 is 0 Å². The van der Waals surface area contributed by atoms with E-state index < -0.39 is 0 Å². The fraction of sp³-hybridized carbons (Fsp3) is 0.438. The molecule has 0 amide bonds. The Hall–Kier alpha value is -1.35. The normalized spacial score (nSPS) is 10.9. The maximum Gasteiger partial charge on any atom is 0.191 e. The molecular formula is C16H20O2S. The Morgan fingerprint density at radius 2 is 1.89 bits per heavy atom. The molecule has 2 nitrogen and oxygen atoms in total. The van der Waals surface area contributed by atoms with Crippen molar-refractivity contribution in [3.8, 4) is 5.75 Å². The van der Waals surface area contributed by atoms with Crippen molar-refractivity contribution in [1.82, 2.24) is 0 Å². The second-order valence-corrected chi connectivity index (χ2v) is 5.83. The zero-order chi connectivity index (χ0) is 13.8.